The van der Waals surface area contributed by atoms with Crippen molar-refractivity contribution in [3.8, 4) is 0 Å². The molecule has 2 heterocycles. The van der Waals surface area contributed by atoms with Crippen LogP contribution in [0.2, 0.25) is 0 Å². The maximum atomic E-state index is 10.6. The first-order valence-electron chi connectivity index (χ1n) is 10.3. The number of hydrogen-bond donors (Lipinski definition) is 3. The lowest BCUT2D eigenvalue weighted by molar-refractivity contribution is 0.184. The van der Waals surface area contributed by atoms with Crippen molar-refractivity contribution in [2.24, 2.45) is 12.0 Å². The predicted molar refractivity (Wildman–Crippen MR) is 122 cm³/mol. The molecule has 0 fully saturated rings. The fourth-order valence-corrected chi connectivity index (χ4v) is 4.58. The number of fused-ring (bicyclic) bond motifs is 1. The van der Waals surface area contributed by atoms with Gasteiger partial charge in [-0.05, 0) is 37.3 Å². The third kappa shape index (κ3) is 4.97. The van der Waals surface area contributed by atoms with Crippen molar-refractivity contribution < 1.29 is 5.11 Å². The Kier molecular flexibility index (Phi) is 7.28. The monoisotopic (exact) mass is 413 g/mol. The molecule has 1 unspecified atom stereocenters. The van der Waals surface area contributed by atoms with Gasteiger partial charge in [-0.2, -0.15) is 5.10 Å². The first kappa shape index (κ1) is 21.3. The van der Waals surface area contributed by atoms with E-state index in [9.17, 15) is 5.11 Å². The molecule has 6 nitrogen and oxygen atoms in total. The molecule has 1 aromatic carbocycles. The summed E-state index contributed by atoms with van der Waals surface area (Å²) in [5.74, 6) is 0.709. The number of thiophene rings is 1. The maximum absolute atomic E-state index is 10.6. The second-order valence-electron chi connectivity index (χ2n) is 6.98. The van der Waals surface area contributed by atoms with Gasteiger partial charge in [-0.3, -0.25) is 4.68 Å². The van der Waals surface area contributed by atoms with Crippen LogP contribution < -0.4 is 10.6 Å². The smallest absolute Gasteiger partial charge is 0.191 e. The summed E-state index contributed by atoms with van der Waals surface area (Å²) in [6.07, 6.45) is 1.25. The zero-order chi connectivity index (χ0) is 20.8. The Morgan fingerprint density at radius 2 is 2.00 bits per heavy atom. The molecule has 2 aromatic heterocycles. The minimum atomic E-state index is -0.577. The number of aliphatic imine (C=N–C) groups is 1. The van der Waals surface area contributed by atoms with Gasteiger partial charge in [0.2, 0.25) is 0 Å². The first-order valence-corrected chi connectivity index (χ1v) is 11.1. The largest absolute Gasteiger partial charge is 0.386 e. The van der Waals surface area contributed by atoms with Gasteiger partial charge in [0.15, 0.2) is 5.96 Å². The Bertz CT molecular complexity index is 942. The van der Waals surface area contributed by atoms with Crippen LogP contribution in [-0.2, 0) is 26.4 Å². The van der Waals surface area contributed by atoms with Crippen LogP contribution in [0.25, 0.3) is 10.1 Å². The molecule has 0 aliphatic rings. The molecule has 0 spiro atoms. The highest BCUT2D eigenvalue weighted by molar-refractivity contribution is 7.19. The Hall–Kier alpha value is -2.38. The fraction of sp³-hybridized carbons (Fsp3) is 0.455. The highest BCUT2D eigenvalue weighted by Crippen LogP contribution is 2.29. The van der Waals surface area contributed by atoms with Crippen LogP contribution in [0.1, 0.15) is 48.7 Å². The van der Waals surface area contributed by atoms with E-state index in [0.29, 0.717) is 19.0 Å². The summed E-state index contributed by atoms with van der Waals surface area (Å²) in [7, 11) is 2.00. The lowest BCUT2D eigenvalue weighted by Gasteiger charge is -2.14. The molecule has 7 heteroatoms. The summed E-state index contributed by atoms with van der Waals surface area (Å²) >= 11 is 1.63. The van der Waals surface area contributed by atoms with E-state index in [-0.39, 0.29) is 0 Å². The van der Waals surface area contributed by atoms with Crippen LogP contribution in [0.15, 0.2) is 35.3 Å². The van der Waals surface area contributed by atoms with Crippen LogP contribution >= 0.6 is 11.3 Å². The van der Waals surface area contributed by atoms with Gasteiger partial charge in [0, 0.05) is 41.0 Å². The summed E-state index contributed by atoms with van der Waals surface area (Å²) < 4.78 is 3.16. The predicted octanol–water partition coefficient (Wildman–Crippen LogP) is 3.55. The Labute approximate surface area is 176 Å². The molecule has 0 aliphatic heterocycles. The molecule has 0 saturated heterocycles. The number of nitrogens with one attached hydrogen (secondary N) is 2. The molecule has 1 atom stereocenters. The third-order valence-electron chi connectivity index (χ3n) is 5.00. The molecular formula is C22H31N5OS. The van der Waals surface area contributed by atoms with Crippen molar-refractivity contribution >= 4 is 27.4 Å². The quantitative estimate of drug-likeness (QED) is 0.390. The van der Waals surface area contributed by atoms with Gasteiger partial charge in [0.25, 0.3) is 0 Å². The lowest BCUT2D eigenvalue weighted by Crippen LogP contribution is -2.39. The third-order valence-corrected chi connectivity index (χ3v) is 6.22. The molecular weight excluding hydrogens is 382 g/mol. The van der Waals surface area contributed by atoms with Crippen molar-refractivity contribution in [2.45, 2.75) is 46.3 Å². The van der Waals surface area contributed by atoms with E-state index >= 15 is 0 Å². The van der Waals surface area contributed by atoms with E-state index < -0.39 is 6.10 Å². The number of guanidine groups is 1. The highest BCUT2D eigenvalue weighted by Gasteiger charge is 2.15. The number of nitrogens with zero attached hydrogens (tertiary/aromatic N) is 3. The number of aliphatic hydroxyl groups is 1. The molecule has 3 aromatic rings. The van der Waals surface area contributed by atoms with E-state index in [1.54, 1.807) is 11.3 Å². The number of aryl methyl sites for hydroxylation is 2. The summed E-state index contributed by atoms with van der Waals surface area (Å²) in [4.78, 5) is 5.72. The molecule has 0 radical (unpaired) electrons. The van der Waals surface area contributed by atoms with Gasteiger partial charge in [-0.25, -0.2) is 4.99 Å². The van der Waals surface area contributed by atoms with E-state index in [0.717, 1.165) is 30.0 Å². The Balaban J connectivity index is 1.69. The van der Waals surface area contributed by atoms with Crippen molar-refractivity contribution in [1.29, 1.82) is 0 Å². The normalized spacial score (nSPS) is 13.1. The van der Waals surface area contributed by atoms with Crippen LogP contribution in [-0.4, -0.2) is 33.9 Å². The lowest BCUT2D eigenvalue weighted by atomic mass is 10.1. The number of rotatable bonds is 8. The molecule has 3 N–H and O–H groups in total. The number of benzene rings is 1. The van der Waals surface area contributed by atoms with Crippen molar-refractivity contribution in [3.05, 3.63) is 52.2 Å². The molecule has 0 aliphatic carbocycles. The minimum Gasteiger partial charge on any atom is -0.386 e. The number of hydrogen-bond acceptors (Lipinski definition) is 4. The van der Waals surface area contributed by atoms with Gasteiger partial charge in [0.1, 0.15) is 6.10 Å². The van der Waals surface area contributed by atoms with E-state index in [1.165, 1.54) is 21.3 Å². The van der Waals surface area contributed by atoms with E-state index in [2.05, 4.69) is 47.8 Å². The van der Waals surface area contributed by atoms with Gasteiger partial charge >= 0.3 is 0 Å². The molecule has 3 rings (SSSR count). The second kappa shape index (κ2) is 9.89. The topological polar surface area (TPSA) is 74.5 Å². The summed E-state index contributed by atoms with van der Waals surface area (Å²) in [6.45, 7) is 8.06. The first-order chi connectivity index (χ1) is 14.1. The zero-order valence-corrected chi connectivity index (χ0v) is 18.5. The summed E-state index contributed by atoms with van der Waals surface area (Å²) in [5, 5.41) is 23.0. The number of aliphatic hydroxyl groups excluding tert-OH is 1. The van der Waals surface area contributed by atoms with E-state index in [1.807, 2.05) is 30.8 Å². The van der Waals surface area contributed by atoms with Crippen molar-refractivity contribution in [2.75, 3.05) is 13.1 Å². The molecule has 0 saturated carbocycles. The molecule has 156 valence electrons. The standard InChI is InChI=1S/C22H31N5OS/c1-5-17-16(18(6-2)27(4)26-17)13-24-22(23-7-3)25-14-19(28)21-12-15-10-8-9-11-20(15)29-21/h8-12,19,28H,5-7,13-14H2,1-4H3,(H2,23,24,25). The zero-order valence-electron chi connectivity index (χ0n) is 17.7. The minimum absolute atomic E-state index is 0.410. The Morgan fingerprint density at radius 1 is 1.21 bits per heavy atom. The summed E-state index contributed by atoms with van der Waals surface area (Å²) in [5.41, 5.74) is 3.54. The van der Waals surface area contributed by atoms with Crippen LogP contribution in [0.3, 0.4) is 0 Å². The fourth-order valence-electron chi connectivity index (χ4n) is 3.53. The highest BCUT2D eigenvalue weighted by atomic mass is 32.1. The van der Waals surface area contributed by atoms with Gasteiger partial charge < -0.3 is 15.7 Å². The second-order valence-corrected chi connectivity index (χ2v) is 8.10. The molecule has 0 amide bonds. The van der Waals surface area contributed by atoms with Gasteiger partial charge in [-0.1, -0.05) is 32.0 Å². The van der Waals surface area contributed by atoms with Crippen molar-refractivity contribution in [3.63, 3.8) is 0 Å². The van der Waals surface area contributed by atoms with Crippen LogP contribution in [0.5, 0.6) is 0 Å². The number of aromatic nitrogens is 2. The average molecular weight is 414 g/mol. The van der Waals surface area contributed by atoms with Gasteiger partial charge in [0.05, 0.1) is 12.2 Å². The van der Waals surface area contributed by atoms with Crippen LogP contribution in [0, 0.1) is 0 Å². The SMILES string of the molecule is CCNC(=NCc1c(CC)nn(C)c1CC)NCC(O)c1cc2ccccc2s1. The van der Waals surface area contributed by atoms with E-state index in [4.69, 9.17) is 4.99 Å². The van der Waals surface area contributed by atoms with Crippen molar-refractivity contribution in [1.82, 2.24) is 20.4 Å². The molecule has 29 heavy (non-hydrogen) atoms. The molecule has 0 bridgehead atoms. The maximum Gasteiger partial charge on any atom is 0.191 e. The summed E-state index contributed by atoms with van der Waals surface area (Å²) in [6, 6.07) is 10.3. The Morgan fingerprint density at radius 3 is 2.69 bits per heavy atom. The van der Waals surface area contributed by atoms with Crippen LogP contribution in [0.4, 0.5) is 0 Å². The van der Waals surface area contributed by atoms with Gasteiger partial charge in [-0.15, -0.1) is 11.3 Å². The average Bonchev–Trinajstić information content (AvgIpc) is 3.30.